The van der Waals surface area contributed by atoms with Gasteiger partial charge < -0.3 is 4.74 Å². The number of terminal acetylenes is 1. The van der Waals surface area contributed by atoms with Crippen LogP contribution in [0.4, 0.5) is 4.79 Å². The summed E-state index contributed by atoms with van der Waals surface area (Å²) in [6, 6.07) is 0. The van der Waals surface area contributed by atoms with E-state index in [1.807, 2.05) is 0 Å². The first-order chi connectivity index (χ1) is 7.67. The van der Waals surface area contributed by atoms with Crippen molar-refractivity contribution in [2.75, 3.05) is 6.54 Å². The molecule has 4 nitrogen and oxygen atoms in total. The van der Waals surface area contributed by atoms with Gasteiger partial charge >= 0.3 is 6.09 Å². The number of carbonyl (C=O) groups is 2. The number of hydrogen-bond acceptors (Lipinski definition) is 3. The van der Waals surface area contributed by atoms with E-state index in [1.54, 1.807) is 34.6 Å². The molecule has 0 atom stereocenters. The molecule has 0 N–H and O–H groups in total. The van der Waals surface area contributed by atoms with Crippen molar-refractivity contribution in [3.63, 3.8) is 0 Å². The minimum atomic E-state index is -0.724. The molecule has 0 bridgehead atoms. The third-order valence-electron chi connectivity index (χ3n) is 1.54. The standard InChI is InChI=1S/C13H19NO3/c1-7-8-14(11(15)9-10(2)3)12(16)17-13(4,5)6/h1,9H,8H2,2-6H3. The van der Waals surface area contributed by atoms with Gasteiger partial charge in [0, 0.05) is 6.08 Å². The van der Waals surface area contributed by atoms with Crippen LogP contribution in [0.5, 0.6) is 0 Å². The average Bonchev–Trinajstić information content (AvgIpc) is 2.09. The molecule has 4 heteroatoms. The first kappa shape index (κ1) is 15.2. The highest BCUT2D eigenvalue weighted by Crippen LogP contribution is 2.10. The van der Waals surface area contributed by atoms with E-state index in [0.29, 0.717) is 0 Å². The van der Waals surface area contributed by atoms with Gasteiger partial charge in [0.15, 0.2) is 0 Å². The van der Waals surface area contributed by atoms with Crippen molar-refractivity contribution in [2.45, 2.75) is 40.2 Å². The maximum absolute atomic E-state index is 11.7. The molecule has 94 valence electrons. The highest BCUT2D eigenvalue weighted by molar-refractivity contribution is 5.99. The lowest BCUT2D eigenvalue weighted by Crippen LogP contribution is -2.40. The fourth-order valence-electron chi connectivity index (χ4n) is 0.966. The summed E-state index contributed by atoms with van der Waals surface area (Å²) in [6.45, 7) is 8.61. The summed E-state index contributed by atoms with van der Waals surface area (Å²) in [7, 11) is 0. The number of carbonyl (C=O) groups excluding carboxylic acids is 2. The number of allylic oxidation sites excluding steroid dienone is 1. The lowest BCUT2D eigenvalue weighted by molar-refractivity contribution is -0.124. The maximum Gasteiger partial charge on any atom is 0.418 e. The predicted molar refractivity (Wildman–Crippen MR) is 66.2 cm³/mol. The van der Waals surface area contributed by atoms with Crippen LogP contribution in [0.1, 0.15) is 34.6 Å². The van der Waals surface area contributed by atoms with E-state index in [4.69, 9.17) is 11.2 Å². The topological polar surface area (TPSA) is 46.6 Å². The molecule has 0 saturated heterocycles. The average molecular weight is 237 g/mol. The maximum atomic E-state index is 11.7. The van der Waals surface area contributed by atoms with Gasteiger partial charge in [0.1, 0.15) is 5.60 Å². The lowest BCUT2D eigenvalue weighted by atomic mass is 10.2. The van der Waals surface area contributed by atoms with Gasteiger partial charge in [0.25, 0.3) is 5.91 Å². The second kappa shape index (κ2) is 6.09. The summed E-state index contributed by atoms with van der Waals surface area (Å²) in [5.74, 6) is 1.80. The van der Waals surface area contributed by atoms with Crippen molar-refractivity contribution < 1.29 is 14.3 Å². The second-order valence-corrected chi connectivity index (χ2v) is 4.83. The molecule has 0 rings (SSSR count). The van der Waals surface area contributed by atoms with Crippen LogP contribution in [0.3, 0.4) is 0 Å². The second-order valence-electron chi connectivity index (χ2n) is 4.83. The predicted octanol–water partition coefficient (Wildman–Crippen LogP) is 2.35. The van der Waals surface area contributed by atoms with Crippen molar-refractivity contribution in [1.82, 2.24) is 4.90 Å². The Bertz CT molecular complexity index is 365. The van der Waals surface area contributed by atoms with Gasteiger partial charge in [0.2, 0.25) is 0 Å². The van der Waals surface area contributed by atoms with E-state index in [9.17, 15) is 9.59 Å². The highest BCUT2D eigenvalue weighted by atomic mass is 16.6. The highest BCUT2D eigenvalue weighted by Gasteiger charge is 2.25. The third-order valence-corrected chi connectivity index (χ3v) is 1.54. The van der Waals surface area contributed by atoms with Gasteiger partial charge in [0.05, 0.1) is 6.54 Å². The lowest BCUT2D eigenvalue weighted by Gasteiger charge is -2.24. The zero-order valence-corrected chi connectivity index (χ0v) is 11.0. The van der Waals surface area contributed by atoms with Crippen molar-refractivity contribution in [1.29, 1.82) is 0 Å². The Kier molecular flexibility index (Phi) is 5.46. The largest absolute Gasteiger partial charge is 0.443 e. The molecule has 0 aromatic carbocycles. The first-order valence-corrected chi connectivity index (χ1v) is 5.30. The number of imide groups is 1. The van der Waals surface area contributed by atoms with E-state index in [0.717, 1.165) is 10.5 Å². The van der Waals surface area contributed by atoms with Crippen LogP contribution in [0.15, 0.2) is 11.6 Å². The summed E-state index contributed by atoms with van der Waals surface area (Å²) >= 11 is 0. The molecule has 0 radical (unpaired) electrons. The third kappa shape index (κ3) is 6.41. The van der Waals surface area contributed by atoms with E-state index in [-0.39, 0.29) is 6.54 Å². The number of nitrogens with zero attached hydrogens (tertiary/aromatic N) is 1. The van der Waals surface area contributed by atoms with Gasteiger partial charge in [-0.1, -0.05) is 11.5 Å². The summed E-state index contributed by atoms with van der Waals surface area (Å²) in [6.07, 6.45) is 5.75. The van der Waals surface area contributed by atoms with Crippen LogP contribution in [-0.2, 0) is 9.53 Å². The van der Waals surface area contributed by atoms with Crippen molar-refractivity contribution in [3.8, 4) is 12.3 Å². The van der Waals surface area contributed by atoms with Crippen molar-refractivity contribution >= 4 is 12.0 Å². The molecule has 0 unspecified atom stereocenters. The van der Waals surface area contributed by atoms with Gasteiger partial charge in [-0.15, -0.1) is 6.42 Å². The van der Waals surface area contributed by atoms with Crippen LogP contribution in [0.25, 0.3) is 0 Å². The first-order valence-electron chi connectivity index (χ1n) is 5.30. The summed E-state index contributed by atoms with van der Waals surface area (Å²) in [5.41, 5.74) is 0.135. The molecule has 0 aliphatic carbocycles. The Hall–Kier alpha value is -1.76. The molecule has 0 spiro atoms. The SMILES string of the molecule is C#CCN(C(=O)C=C(C)C)C(=O)OC(C)(C)C. The van der Waals surface area contributed by atoms with Crippen LogP contribution in [0, 0.1) is 12.3 Å². The number of ether oxygens (including phenoxy) is 1. The molecule has 17 heavy (non-hydrogen) atoms. The summed E-state index contributed by atoms with van der Waals surface area (Å²) < 4.78 is 5.10. The van der Waals surface area contributed by atoms with Crippen LogP contribution in [0.2, 0.25) is 0 Å². The fourth-order valence-corrected chi connectivity index (χ4v) is 0.966. The normalized spacial score (nSPS) is 10.1. The molecule has 2 amide bonds. The fraction of sp³-hybridized carbons (Fsp3) is 0.538. The molecule has 0 heterocycles. The van der Waals surface area contributed by atoms with E-state index < -0.39 is 17.6 Å². The minimum Gasteiger partial charge on any atom is -0.443 e. The Labute approximate surface area is 103 Å². The molecule has 0 aromatic heterocycles. The monoisotopic (exact) mass is 237 g/mol. The number of amides is 2. The van der Waals surface area contributed by atoms with Gasteiger partial charge in [-0.3, -0.25) is 4.79 Å². The molecule has 0 aliphatic rings. The Morgan fingerprint density at radius 1 is 1.35 bits per heavy atom. The van der Waals surface area contributed by atoms with E-state index in [1.165, 1.54) is 6.08 Å². The Morgan fingerprint density at radius 3 is 2.24 bits per heavy atom. The van der Waals surface area contributed by atoms with Gasteiger partial charge in [-0.2, -0.15) is 0 Å². The van der Waals surface area contributed by atoms with Crippen LogP contribution in [-0.4, -0.2) is 29.0 Å². The Balaban J connectivity index is 4.87. The van der Waals surface area contributed by atoms with Crippen molar-refractivity contribution in [3.05, 3.63) is 11.6 Å². The minimum absolute atomic E-state index is 0.0997. The molecule has 0 fully saturated rings. The molecule has 0 aliphatic heterocycles. The smallest absolute Gasteiger partial charge is 0.418 e. The van der Waals surface area contributed by atoms with Gasteiger partial charge in [-0.25, -0.2) is 9.69 Å². The zero-order chi connectivity index (χ0) is 13.6. The quantitative estimate of drug-likeness (QED) is 0.547. The van der Waals surface area contributed by atoms with Gasteiger partial charge in [-0.05, 0) is 34.6 Å². The Morgan fingerprint density at radius 2 is 1.88 bits per heavy atom. The summed E-state index contributed by atoms with van der Waals surface area (Å²) in [5, 5.41) is 0. The van der Waals surface area contributed by atoms with E-state index in [2.05, 4.69) is 5.92 Å². The van der Waals surface area contributed by atoms with Crippen LogP contribution >= 0.6 is 0 Å². The molecule has 0 aromatic rings. The van der Waals surface area contributed by atoms with Crippen molar-refractivity contribution in [2.24, 2.45) is 0 Å². The van der Waals surface area contributed by atoms with Crippen LogP contribution < -0.4 is 0 Å². The molecular formula is C13H19NO3. The molecular weight excluding hydrogens is 218 g/mol. The molecule has 0 saturated carbocycles. The zero-order valence-electron chi connectivity index (χ0n) is 11.0. The number of rotatable bonds is 2. The summed E-state index contributed by atoms with van der Waals surface area (Å²) in [4.78, 5) is 24.4. The number of hydrogen-bond donors (Lipinski definition) is 0. The van der Waals surface area contributed by atoms with E-state index >= 15 is 0 Å².